The smallest absolute Gasteiger partial charge is 0.220 e. The van der Waals surface area contributed by atoms with Crippen LogP contribution in [0.4, 0.5) is 0 Å². The molecule has 0 saturated carbocycles. The number of aryl methyl sites for hydroxylation is 1. The molecule has 4 nitrogen and oxygen atoms in total. The molecule has 0 bridgehead atoms. The number of aromatic nitrogens is 1. The Hall–Kier alpha value is -2.05. The van der Waals surface area contributed by atoms with Gasteiger partial charge in [-0.05, 0) is 31.2 Å². The van der Waals surface area contributed by atoms with E-state index in [4.69, 9.17) is 0 Å². The molecule has 2 heterocycles. The number of Topliss-reactive ketones (excluding diaryl/α,β-unsaturated/α-hetero) is 1. The molecule has 1 N–H and O–H groups in total. The van der Waals surface area contributed by atoms with Crippen LogP contribution in [0.1, 0.15) is 32.4 Å². The second-order valence-corrected chi connectivity index (χ2v) is 7.59. The molecule has 0 fully saturated rings. The lowest BCUT2D eigenvalue weighted by molar-refractivity contribution is -0.121. The first-order valence-corrected chi connectivity index (χ1v) is 8.96. The van der Waals surface area contributed by atoms with Crippen LogP contribution in [0, 0.1) is 6.92 Å². The number of para-hydroxylation sites is 1. The summed E-state index contributed by atoms with van der Waals surface area (Å²) >= 11 is 3.04. The molecule has 2 aromatic heterocycles. The number of fused-ring (bicyclic) bond motifs is 1. The van der Waals surface area contributed by atoms with E-state index in [1.54, 1.807) is 11.3 Å². The summed E-state index contributed by atoms with van der Waals surface area (Å²) in [5.41, 5.74) is 0.949. The first-order chi connectivity index (χ1) is 11.1. The third kappa shape index (κ3) is 4.03. The zero-order valence-corrected chi connectivity index (χ0v) is 14.3. The van der Waals surface area contributed by atoms with Crippen molar-refractivity contribution in [3.8, 4) is 0 Å². The van der Waals surface area contributed by atoms with Crippen LogP contribution in [0.25, 0.3) is 10.2 Å². The molecule has 0 aliphatic rings. The van der Waals surface area contributed by atoms with Gasteiger partial charge in [-0.1, -0.05) is 12.1 Å². The summed E-state index contributed by atoms with van der Waals surface area (Å²) in [6.07, 6.45) is 0.451. The number of amides is 1. The van der Waals surface area contributed by atoms with Crippen molar-refractivity contribution in [1.82, 2.24) is 10.3 Å². The van der Waals surface area contributed by atoms with E-state index in [1.165, 1.54) is 11.3 Å². The second kappa shape index (κ2) is 7.02. The standard InChI is InChI=1S/C17H16N2O2S2/c1-11-6-8-15(22-11)13(20)7-9-16(21)18-10-17-19-12-4-2-3-5-14(12)23-17/h2-6,8H,7,9-10H2,1H3,(H,18,21). The molecule has 0 spiro atoms. The topological polar surface area (TPSA) is 59.1 Å². The van der Waals surface area contributed by atoms with E-state index < -0.39 is 0 Å². The summed E-state index contributed by atoms with van der Waals surface area (Å²) in [5, 5.41) is 3.71. The van der Waals surface area contributed by atoms with Crippen molar-refractivity contribution in [2.45, 2.75) is 26.3 Å². The Balaban J connectivity index is 1.48. The molecule has 0 atom stereocenters. The van der Waals surface area contributed by atoms with Crippen molar-refractivity contribution < 1.29 is 9.59 Å². The molecule has 3 aromatic rings. The van der Waals surface area contributed by atoms with Gasteiger partial charge >= 0.3 is 0 Å². The molecule has 0 radical (unpaired) electrons. The predicted octanol–water partition coefficient (Wildman–Crippen LogP) is 3.95. The van der Waals surface area contributed by atoms with E-state index in [0.29, 0.717) is 6.54 Å². The molecule has 0 aliphatic heterocycles. The maximum Gasteiger partial charge on any atom is 0.220 e. The fourth-order valence-corrected chi connectivity index (χ4v) is 3.93. The van der Waals surface area contributed by atoms with Gasteiger partial charge in [-0.2, -0.15) is 0 Å². The minimum absolute atomic E-state index is 0.0261. The maximum absolute atomic E-state index is 12.0. The van der Waals surface area contributed by atoms with Crippen LogP contribution in [0.15, 0.2) is 36.4 Å². The Kier molecular flexibility index (Phi) is 4.83. The Labute approximate surface area is 142 Å². The molecule has 1 amide bonds. The lowest BCUT2D eigenvalue weighted by atomic mass is 10.2. The van der Waals surface area contributed by atoms with E-state index in [0.717, 1.165) is 25.0 Å². The van der Waals surface area contributed by atoms with Crippen molar-refractivity contribution in [3.63, 3.8) is 0 Å². The fraction of sp³-hybridized carbons (Fsp3) is 0.235. The number of hydrogen-bond acceptors (Lipinski definition) is 5. The zero-order chi connectivity index (χ0) is 16.2. The highest BCUT2D eigenvalue weighted by Gasteiger charge is 2.11. The van der Waals surface area contributed by atoms with Crippen LogP contribution in [0.3, 0.4) is 0 Å². The zero-order valence-electron chi connectivity index (χ0n) is 12.7. The highest BCUT2D eigenvalue weighted by molar-refractivity contribution is 7.18. The molecule has 1 aromatic carbocycles. The summed E-state index contributed by atoms with van der Waals surface area (Å²) in [7, 11) is 0. The third-order valence-corrected chi connectivity index (χ3v) is 5.45. The lowest BCUT2D eigenvalue weighted by Gasteiger charge is -2.02. The van der Waals surface area contributed by atoms with Gasteiger partial charge < -0.3 is 5.32 Å². The predicted molar refractivity (Wildman–Crippen MR) is 94.1 cm³/mol. The number of benzene rings is 1. The summed E-state index contributed by atoms with van der Waals surface area (Å²) in [6.45, 7) is 2.37. The first-order valence-electron chi connectivity index (χ1n) is 7.32. The number of thiophene rings is 1. The average molecular weight is 344 g/mol. The number of ketones is 1. The summed E-state index contributed by atoms with van der Waals surface area (Å²) in [6, 6.07) is 11.6. The molecule has 0 saturated heterocycles. The minimum Gasteiger partial charge on any atom is -0.350 e. The quantitative estimate of drug-likeness (QED) is 0.689. The van der Waals surface area contributed by atoms with Gasteiger partial charge in [0, 0.05) is 17.7 Å². The fourth-order valence-electron chi connectivity index (χ4n) is 2.19. The second-order valence-electron chi connectivity index (χ2n) is 5.19. The Bertz CT molecular complexity index is 818. The lowest BCUT2D eigenvalue weighted by Crippen LogP contribution is -2.23. The van der Waals surface area contributed by atoms with Crippen molar-refractivity contribution >= 4 is 44.6 Å². The van der Waals surface area contributed by atoms with Gasteiger partial charge in [-0.25, -0.2) is 4.98 Å². The van der Waals surface area contributed by atoms with Gasteiger partial charge in [0.05, 0.1) is 21.6 Å². The normalized spacial score (nSPS) is 10.8. The van der Waals surface area contributed by atoms with E-state index in [2.05, 4.69) is 10.3 Å². The van der Waals surface area contributed by atoms with Crippen molar-refractivity contribution in [3.05, 3.63) is 51.2 Å². The number of rotatable bonds is 6. The van der Waals surface area contributed by atoms with Gasteiger partial charge in [0.2, 0.25) is 5.91 Å². The minimum atomic E-state index is -0.120. The largest absolute Gasteiger partial charge is 0.350 e. The summed E-state index contributed by atoms with van der Waals surface area (Å²) in [5.74, 6) is -0.0934. The summed E-state index contributed by atoms with van der Waals surface area (Å²) < 4.78 is 1.11. The van der Waals surface area contributed by atoms with Crippen LogP contribution in [0.5, 0.6) is 0 Å². The third-order valence-electron chi connectivity index (χ3n) is 3.37. The van der Waals surface area contributed by atoms with Crippen LogP contribution in [-0.4, -0.2) is 16.7 Å². The van der Waals surface area contributed by atoms with Crippen molar-refractivity contribution in [1.29, 1.82) is 0 Å². The monoisotopic (exact) mass is 344 g/mol. The molecule has 0 aliphatic carbocycles. The molecular weight excluding hydrogens is 328 g/mol. The number of carbonyl (C=O) groups excluding carboxylic acids is 2. The van der Waals surface area contributed by atoms with Gasteiger partial charge in [0.25, 0.3) is 0 Å². The van der Waals surface area contributed by atoms with Crippen molar-refractivity contribution in [2.75, 3.05) is 0 Å². The van der Waals surface area contributed by atoms with Gasteiger partial charge in [0.15, 0.2) is 5.78 Å². The molecular formula is C17H16N2O2S2. The van der Waals surface area contributed by atoms with E-state index in [-0.39, 0.29) is 24.5 Å². The highest BCUT2D eigenvalue weighted by atomic mass is 32.1. The first kappa shape index (κ1) is 15.8. The van der Waals surface area contributed by atoms with Crippen LogP contribution in [-0.2, 0) is 11.3 Å². The molecule has 3 rings (SSSR count). The number of thiazole rings is 1. The Morgan fingerprint density at radius 2 is 1.91 bits per heavy atom. The average Bonchev–Trinajstić information content (AvgIpc) is 3.16. The maximum atomic E-state index is 12.0. The summed E-state index contributed by atoms with van der Waals surface area (Å²) in [4.78, 5) is 30.2. The molecule has 23 heavy (non-hydrogen) atoms. The highest BCUT2D eigenvalue weighted by Crippen LogP contribution is 2.21. The van der Waals surface area contributed by atoms with Gasteiger partial charge in [-0.3, -0.25) is 9.59 Å². The Morgan fingerprint density at radius 3 is 2.65 bits per heavy atom. The number of hydrogen-bond donors (Lipinski definition) is 1. The number of nitrogens with one attached hydrogen (secondary N) is 1. The Morgan fingerprint density at radius 1 is 1.09 bits per heavy atom. The van der Waals surface area contributed by atoms with Gasteiger partial charge in [-0.15, -0.1) is 22.7 Å². The SMILES string of the molecule is Cc1ccc(C(=O)CCC(=O)NCc2nc3ccccc3s2)s1. The molecule has 0 unspecified atom stereocenters. The number of nitrogens with zero attached hydrogens (tertiary/aromatic N) is 1. The van der Waals surface area contributed by atoms with Crippen LogP contribution in [0.2, 0.25) is 0 Å². The van der Waals surface area contributed by atoms with Crippen LogP contribution >= 0.6 is 22.7 Å². The van der Waals surface area contributed by atoms with E-state index >= 15 is 0 Å². The van der Waals surface area contributed by atoms with Crippen LogP contribution < -0.4 is 5.32 Å². The molecule has 6 heteroatoms. The van der Waals surface area contributed by atoms with E-state index in [9.17, 15) is 9.59 Å². The number of carbonyl (C=O) groups is 2. The van der Waals surface area contributed by atoms with E-state index in [1.807, 2.05) is 43.3 Å². The van der Waals surface area contributed by atoms with Crippen molar-refractivity contribution in [2.24, 2.45) is 0 Å². The molecule has 118 valence electrons. The van der Waals surface area contributed by atoms with Gasteiger partial charge in [0.1, 0.15) is 5.01 Å².